The summed E-state index contributed by atoms with van der Waals surface area (Å²) in [5, 5.41) is 5.18. The highest BCUT2D eigenvalue weighted by atomic mass is 31.2. The first-order chi connectivity index (χ1) is 16.8. The number of nitrogens with zero attached hydrogens (tertiary/aromatic N) is 5. The van der Waals surface area contributed by atoms with Gasteiger partial charge in [-0.05, 0) is 31.0 Å². The van der Waals surface area contributed by atoms with E-state index in [9.17, 15) is 4.57 Å². The minimum Gasteiger partial charge on any atom is -0.319 e. The van der Waals surface area contributed by atoms with E-state index in [2.05, 4.69) is 10.1 Å². The molecule has 0 N–H and O–H groups in total. The first kappa shape index (κ1) is 20.7. The number of aromatic nitrogens is 5. The van der Waals surface area contributed by atoms with Crippen LogP contribution in [0.4, 0.5) is 8.78 Å². The quantitative estimate of drug-likeness (QED) is 0.314. The van der Waals surface area contributed by atoms with Crippen LogP contribution >= 0.6 is 7.14 Å². The molecule has 35 heavy (non-hydrogen) atoms. The Morgan fingerprint density at radius 1 is 0.971 bits per heavy atom. The Balaban J connectivity index is 1.46. The van der Waals surface area contributed by atoms with Gasteiger partial charge in [-0.15, -0.1) is 0 Å². The molecule has 6 nitrogen and oxygen atoms in total. The molecule has 0 aliphatic carbocycles. The van der Waals surface area contributed by atoms with Crippen LogP contribution in [0.2, 0.25) is 0 Å². The Morgan fingerprint density at radius 3 is 2.54 bits per heavy atom. The van der Waals surface area contributed by atoms with Crippen LogP contribution in [0.1, 0.15) is 29.9 Å². The molecule has 2 atom stereocenters. The summed E-state index contributed by atoms with van der Waals surface area (Å²) in [6.45, 7) is 3.42. The smallest absolute Gasteiger partial charge is 0.159 e. The van der Waals surface area contributed by atoms with Crippen molar-refractivity contribution in [2.75, 3.05) is 13.3 Å². The van der Waals surface area contributed by atoms with Crippen LogP contribution in [-0.2, 0) is 4.57 Å². The van der Waals surface area contributed by atoms with Gasteiger partial charge in [0.05, 0.1) is 17.1 Å². The van der Waals surface area contributed by atoms with E-state index in [1.165, 1.54) is 18.5 Å². The van der Waals surface area contributed by atoms with Gasteiger partial charge in [0.1, 0.15) is 37.0 Å². The van der Waals surface area contributed by atoms with Gasteiger partial charge in [-0.25, -0.2) is 23.4 Å². The molecule has 2 bridgehead atoms. The number of benzene rings is 3. The Hall–Kier alpha value is -3.64. The van der Waals surface area contributed by atoms with E-state index in [0.29, 0.717) is 40.0 Å². The summed E-state index contributed by atoms with van der Waals surface area (Å²) in [6.07, 6.45) is 2.06. The van der Waals surface area contributed by atoms with Crippen LogP contribution in [-0.4, -0.2) is 37.6 Å². The van der Waals surface area contributed by atoms with E-state index in [-0.39, 0.29) is 17.9 Å². The number of rotatable bonds is 2. The highest BCUT2D eigenvalue weighted by Crippen LogP contribution is 2.49. The minimum atomic E-state index is -2.41. The molecule has 9 heteroatoms. The lowest BCUT2D eigenvalue weighted by molar-refractivity contribution is 0.495. The third kappa shape index (κ3) is 2.86. The maximum atomic E-state index is 15.3. The van der Waals surface area contributed by atoms with Gasteiger partial charge >= 0.3 is 0 Å². The van der Waals surface area contributed by atoms with Gasteiger partial charge in [0.15, 0.2) is 5.82 Å². The van der Waals surface area contributed by atoms with E-state index in [1.54, 1.807) is 54.4 Å². The van der Waals surface area contributed by atoms with Crippen molar-refractivity contribution >= 4 is 23.5 Å². The fourth-order valence-electron chi connectivity index (χ4n) is 5.54. The van der Waals surface area contributed by atoms with Gasteiger partial charge in [-0.2, -0.15) is 5.10 Å². The summed E-state index contributed by atoms with van der Waals surface area (Å²) in [6, 6.07) is 14.8. The number of fused-ring (bicyclic) bond motifs is 6. The van der Waals surface area contributed by atoms with Crippen LogP contribution in [0.5, 0.6) is 0 Å². The van der Waals surface area contributed by atoms with Crippen molar-refractivity contribution in [3.63, 3.8) is 0 Å². The third-order valence-electron chi connectivity index (χ3n) is 7.16. The summed E-state index contributed by atoms with van der Waals surface area (Å²) in [5.74, 6) is 0.630. The number of imidazole rings is 1. The predicted octanol–water partition coefficient (Wildman–Crippen LogP) is 5.38. The second-order valence-electron chi connectivity index (χ2n) is 9.56. The molecule has 0 amide bonds. The SMILES string of the molecule is CP(C)(=O)c1ccc(-c2cc3c(cc2F)nc2n3[C@H]3C[C@@H]2n2ncnc2-c2cccc(F)c23)cc1. The molecular weight excluding hydrogens is 467 g/mol. The lowest BCUT2D eigenvalue weighted by Crippen LogP contribution is -2.13. The summed E-state index contributed by atoms with van der Waals surface area (Å²) in [7, 11) is -2.41. The molecule has 7 rings (SSSR count). The summed E-state index contributed by atoms with van der Waals surface area (Å²) in [4.78, 5) is 9.18. The summed E-state index contributed by atoms with van der Waals surface area (Å²) in [5.41, 5.74) is 3.62. The first-order valence-electron chi connectivity index (χ1n) is 11.4. The second-order valence-corrected chi connectivity index (χ2v) is 12.8. The fourth-order valence-corrected chi connectivity index (χ4v) is 6.41. The van der Waals surface area contributed by atoms with E-state index >= 15 is 8.78 Å². The third-order valence-corrected chi connectivity index (χ3v) is 8.70. The summed E-state index contributed by atoms with van der Waals surface area (Å²) < 4.78 is 46.8. The lowest BCUT2D eigenvalue weighted by atomic mass is 9.97. The van der Waals surface area contributed by atoms with Gasteiger partial charge in [-0.1, -0.05) is 36.4 Å². The van der Waals surface area contributed by atoms with Crippen molar-refractivity contribution in [1.29, 1.82) is 0 Å². The van der Waals surface area contributed by atoms with E-state index in [1.807, 2.05) is 10.6 Å². The predicted molar refractivity (Wildman–Crippen MR) is 131 cm³/mol. The number of hydrogen-bond donors (Lipinski definition) is 0. The molecule has 0 spiro atoms. The van der Waals surface area contributed by atoms with Gasteiger partial charge in [0.25, 0.3) is 0 Å². The first-order valence-corrected chi connectivity index (χ1v) is 14.0. The highest BCUT2D eigenvalue weighted by molar-refractivity contribution is 7.70. The molecule has 0 saturated carbocycles. The zero-order chi connectivity index (χ0) is 24.1. The van der Waals surface area contributed by atoms with Gasteiger partial charge in [0.2, 0.25) is 0 Å². The zero-order valence-electron chi connectivity index (χ0n) is 19.0. The Labute approximate surface area is 199 Å². The topological polar surface area (TPSA) is 65.6 Å². The number of hydrogen-bond acceptors (Lipinski definition) is 4. The molecule has 174 valence electrons. The molecule has 2 aliphatic rings. The molecule has 5 aromatic rings. The monoisotopic (exact) mass is 487 g/mol. The van der Waals surface area contributed by atoms with Crippen LogP contribution in [0.15, 0.2) is 60.9 Å². The van der Waals surface area contributed by atoms with Gasteiger partial charge in [-0.3, -0.25) is 0 Å². The molecular formula is C26H20F2N5OP. The Bertz CT molecular complexity index is 1720. The lowest BCUT2D eigenvalue weighted by Gasteiger charge is -2.19. The Morgan fingerprint density at radius 2 is 1.77 bits per heavy atom. The molecule has 0 fully saturated rings. The normalized spacial score (nSPS) is 18.3. The van der Waals surface area contributed by atoms with Crippen LogP contribution in [0, 0.1) is 11.6 Å². The van der Waals surface area contributed by atoms with E-state index in [4.69, 9.17) is 4.98 Å². The van der Waals surface area contributed by atoms with Crippen molar-refractivity contribution < 1.29 is 13.3 Å². The van der Waals surface area contributed by atoms with Crippen LogP contribution in [0.3, 0.4) is 0 Å². The standard InChI is InChI=1S/C26H20F2N5OP/c1-35(2,34)15-8-6-14(7-9-15)17-10-21-20(11-19(17)28)31-26-23-12-22(32(21)26)24-16(4-3-5-18(24)27)25-29-13-30-33(23)25/h3-11,13,22-23H,12H2,1-2H3/t22-,23-/m0/s1. The van der Waals surface area contributed by atoms with Crippen LogP contribution in [0.25, 0.3) is 33.5 Å². The average Bonchev–Trinajstić information content (AvgIpc) is 3.50. The van der Waals surface area contributed by atoms with E-state index < -0.39 is 13.0 Å². The number of halogens is 2. The Kier molecular flexibility index (Phi) is 4.11. The molecule has 3 aromatic carbocycles. The van der Waals surface area contributed by atoms with Crippen LogP contribution < -0.4 is 5.30 Å². The van der Waals surface area contributed by atoms with Crippen molar-refractivity contribution in [2.45, 2.75) is 18.5 Å². The highest BCUT2D eigenvalue weighted by Gasteiger charge is 2.43. The summed E-state index contributed by atoms with van der Waals surface area (Å²) >= 11 is 0. The molecule has 2 aromatic heterocycles. The zero-order valence-corrected chi connectivity index (χ0v) is 19.9. The molecule has 0 radical (unpaired) electrons. The molecule has 0 unspecified atom stereocenters. The minimum absolute atomic E-state index is 0.231. The largest absolute Gasteiger partial charge is 0.319 e. The van der Waals surface area contributed by atoms with Gasteiger partial charge in [0, 0.05) is 34.5 Å². The van der Waals surface area contributed by atoms with Crippen molar-refractivity contribution in [3.8, 4) is 22.5 Å². The molecule has 0 saturated heterocycles. The van der Waals surface area contributed by atoms with Crippen molar-refractivity contribution in [1.82, 2.24) is 24.3 Å². The maximum Gasteiger partial charge on any atom is 0.159 e. The van der Waals surface area contributed by atoms with Gasteiger partial charge < -0.3 is 9.13 Å². The maximum absolute atomic E-state index is 15.3. The molecule has 4 heterocycles. The fraction of sp³-hybridized carbons (Fsp3) is 0.192. The average molecular weight is 487 g/mol. The second kappa shape index (κ2) is 6.95. The molecule has 2 aliphatic heterocycles. The van der Waals surface area contributed by atoms with Crippen molar-refractivity contribution in [3.05, 3.63) is 83.9 Å². The van der Waals surface area contributed by atoms with E-state index in [0.717, 1.165) is 16.6 Å². The van der Waals surface area contributed by atoms with Crippen molar-refractivity contribution in [2.24, 2.45) is 0 Å².